The minimum atomic E-state index is -4.88. The van der Waals surface area contributed by atoms with Crippen LogP contribution in [0.15, 0.2) is 64.4 Å². The first kappa shape index (κ1) is 26.1. The fraction of sp³-hybridized carbons (Fsp3) is 0.154. The second kappa shape index (κ2) is 9.82. The number of carbonyl (C=O) groups excluding carboxylic acids is 2. The van der Waals surface area contributed by atoms with Gasteiger partial charge < -0.3 is 11.1 Å². The van der Waals surface area contributed by atoms with Crippen LogP contribution in [0.5, 0.6) is 0 Å². The van der Waals surface area contributed by atoms with Crippen molar-refractivity contribution in [3.63, 3.8) is 0 Å². The molecule has 0 bridgehead atoms. The molecule has 1 aliphatic carbocycles. The van der Waals surface area contributed by atoms with Crippen molar-refractivity contribution in [3.05, 3.63) is 76.9 Å². The third-order valence-corrected chi connectivity index (χ3v) is 8.63. The monoisotopic (exact) mass is 538 g/mol. The van der Waals surface area contributed by atoms with Crippen LogP contribution in [0.2, 0.25) is 0 Å². The average Bonchev–Trinajstić information content (AvgIpc) is 2.85. The lowest BCUT2D eigenvalue weighted by atomic mass is 9.82. The molecule has 11 heteroatoms. The molecule has 0 atom stereocenters. The van der Waals surface area contributed by atoms with Crippen molar-refractivity contribution in [2.45, 2.75) is 29.1 Å². The lowest BCUT2D eigenvalue weighted by molar-refractivity contribution is 0.0980. The van der Waals surface area contributed by atoms with Gasteiger partial charge in [-0.1, -0.05) is 30.3 Å². The molecule has 190 valence electrons. The second-order valence-electron chi connectivity index (χ2n) is 8.40. The van der Waals surface area contributed by atoms with Crippen molar-refractivity contribution in [1.29, 1.82) is 0 Å². The van der Waals surface area contributed by atoms with Gasteiger partial charge in [-0.25, -0.2) is 8.42 Å². The molecule has 0 amide bonds. The zero-order valence-corrected chi connectivity index (χ0v) is 21.0. The maximum atomic E-state index is 13.4. The fourth-order valence-corrected chi connectivity index (χ4v) is 6.22. The zero-order valence-electron chi connectivity index (χ0n) is 19.4. The Labute approximate surface area is 214 Å². The highest BCUT2D eigenvalue weighted by atomic mass is 32.2. The van der Waals surface area contributed by atoms with Crippen molar-refractivity contribution in [3.8, 4) is 12.3 Å². The van der Waals surface area contributed by atoms with E-state index in [9.17, 15) is 31.0 Å². The van der Waals surface area contributed by atoms with Crippen molar-refractivity contribution in [1.82, 2.24) is 0 Å². The van der Waals surface area contributed by atoms with Crippen LogP contribution in [-0.4, -0.2) is 38.7 Å². The van der Waals surface area contributed by atoms with Crippen LogP contribution in [0.25, 0.3) is 0 Å². The molecule has 0 saturated heterocycles. The first-order valence-corrected chi connectivity index (χ1v) is 14.2. The largest absolute Gasteiger partial charge is 0.397 e. The number of terminal acetylenes is 1. The highest BCUT2D eigenvalue weighted by molar-refractivity contribution is 7.91. The van der Waals surface area contributed by atoms with E-state index in [1.165, 1.54) is 36.4 Å². The lowest BCUT2D eigenvalue weighted by Gasteiger charge is -2.23. The van der Waals surface area contributed by atoms with Gasteiger partial charge in [0, 0.05) is 23.2 Å². The van der Waals surface area contributed by atoms with Crippen molar-refractivity contribution in [2.24, 2.45) is 0 Å². The van der Waals surface area contributed by atoms with E-state index in [4.69, 9.17) is 12.2 Å². The van der Waals surface area contributed by atoms with Crippen molar-refractivity contribution < 1.29 is 31.0 Å². The van der Waals surface area contributed by atoms with E-state index in [-0.39, 0.29) is 44.3 Å². The Balaban J connectivity index is 1.82. The molecule has 0 heterocycles. The van der Waals surface area contributed by atoms with Gasteiger partial charge in [0.1, 0.15) is 4.90 Å². The number of carbonyl (C=O) groups is 2. The van der Waals surface area contributed by atoms with E-state index < -0.39 is 42.1 Å². The average molecular weight is 539 g/mol. The third kappa shape index (κ3) is 4.99. The van der Waals surface area contributed by atoms with E-state index >= 15 is 0 Å². The van der Waals surface area contributed by atoms with E-state index in [0.29, 0.717) is 19.3 Å². The summed E-state index contributed by atoms with van der Waals surface area (Å²) in [5.41, 5.74) is 5.10. The van der Waals surface area contributed by atoms with Gasteiger partial charge in [-0.2, -0.15) is 8.42 Å². The molecule has 0 unspecified atom stereocenters. The predicted molar refractivity (Wildman–Crippen MR) is 138 cm³/mol. The molecule has 9 nitrogen and oxygen atoms in total. The summed E-state index contributed by atoms with van der Waals surface area (Å²) in [7, 11) is -8.54. The van der Waals surface area contributed by atoms with Crippen LogP contribution in [0.3, 0.4) is 0 Å². The molecular formula is C26H22N2O7S2. The molecule has 0 fully saturated rings. The summed E-state index contributed by atoms with van der Waals surface area (Å²) < 4.78 is 59.5. The predicted octanol–water partition coefficient (Wildman–Crippen LogP) is 3.61. The Bertz CT molecular complexity index is 1700. The summed E-state index contributed by atoms with van der Waals surface area (Å²) in [6, 6.07) is 12.7. The molecule has 3 aromatic carbocycles. The molecule has 37 heavy (non-hydrogen) atoms. The van der Waals surface area contributed by atoms with Gasteiger partial charge in [0.05, 0.1) is 33.2 Å². The smallest absolute Gasteiger partial charge is 0.296 e. The molecule has 3 aromatic rings. The Morgan fingerprint density at radius 2 is 1.54 bits per heavy atom. The summed E-state index contributed by atoms with van der Waals surface area (Å²) in [6.07, 6.45) is 6.61. The Kier molecular flexibility index (Phi) is 6.92. The Morgan fingerprint density at radius 3 is 2.16 bits per heavy atom. The van der Waals surface area contributed by atoms with Gasteiger partial charge in [0.25, 0.3) is 10.1 Å². The van der Waals surface area contributed by atoms with E-state index in [1.54, 1.807) is 12.1 Å². The topological polar surface area (TPSA) is 161 Å². The summed E-state index contributed by atoms with van der Waals surface area (Å²) in [5, 5.41) is 2.85. The quantitative estimate of drug-likeness (QED) is 0.132. The summed E-state index contributed by atoms with van der Waals surface area (Å²) in [4.78, 5) is 25.9. The van der Waals surface area contributed by atoms with Crippen molar-refractivity contribution in [2.75, 3.05) is 16.8 Å². The molecule has 1 aliphatic rings. The molecule has 4 N–H and O–H groups in total. The van der Waals surface area contributed by atoms with Gasteiger partial charge in [0.15, 0.2) is 21.4 Å². The van der Waals surface area contributed by atoms with Crippen molar-refractivity contribution >= 4 is 48.6 Å². The highest BCUT2D eigenvalue weighted by Crippen LogP contribution is 2.40. The molecule has 0 aromatic heterocycles. The molecular weight excluding hydrogens is 516 g/mol. The number of rotatable bonds is 8. The summed E-state index contributed by atoms with van der Waals surface area (Å²) in [6.45, 7) is 0. The van der Waals surface area contributed by atoms with Crippen LogP contribution in [-0.2, 0) is 20.0 Å². The lowest BCUT2D eigenvalue weighted by Crippen LogP contribution is -2.25. The van der Waals surface area contributed by atoms with Gasteiger partial charge in [-0.05, 0) is 37.1 Å². The van der Waals surface area contributed by atoms with Crippen LogP contribution >= 0.6 is 0 Å². The third-order valence-electron chi connectivity index (χ3n) is 5.93. The standard InChI is InChI=1S/C26H22N2O7S2/c1-2-3-4-7-13-36(31,32)17-10-8-9-16(14-17)28-20-15-21(37(33,34)35)24(27)23-22(20)25(29)18-11-5-6-12-19(18)26(23)30/h1,5-6,8-12,14-15,28H,3-4,7,13,27H2,(H,33,34,35). The van der Waals surface area contributed by atoms with Crippen LogP contribution < -0.4 is 11.1 Å². The van der Waals surface area contributed by atoms with E-state index in [1.807, 2.05) is 0 Å². The number of nitrogens with two attached hydrogens (primary N) is 1. The van der Waals surface area contributed by atoms with E-state index in [0.717, 1.165) is 6.07 Å². The number of fused-ring (bicyclic) bond motifs is 2. The van der Waals surface area contributed by atoms with Gasteiger partial charge in [0.2, 0.25) is 0 Å². The Morgan fingerprint density at radius 1 is 0.892 bits per heavy atom. The number of sulfone groups is 1. The number of unbranched alkanes of at least 4 members (excludes halogenated alkanes) is 2. The number of benzene rings is 3. The number of nitrogens with one attached hydrogen (secondary N) is 1. The molecule has 4 rings (SSSR count). The maximum Gasteiger partial charge on any atom is 0.296 e. The first-order chi connectivity index (χ1) is 17.5. The number of ketones is 2. The summed E-state index contributed by atoms with van der Waals surface area (Å²) >= 11 is 0. The molecule has 0 radical (unpaired) electrons. The van der Waals surface area contributed by atoms with Crippen LogP contribution in [0, 0.1) is 12.3 Å². The first-order valence-electron chi connectivity index (χ1n) is 11.1. The van der Waals surface area contributed by atoms with Gasteiger partial charge in [-0.15, -0.1) is 12.3 Å². The van der Waals surface area contributed by atoms with Gasteiger partial charge >= 0.3 is 0 Å². The second-order valence-corrected chi connectivity index (χ2v) is 11.9. The SMILES string of the molecule is C#CCCCCS(=O)(=O)c1cccc(Nc2cc(S(=O)(=O)O)c(N)c3c2C(=O)c2ccccc2C3=O)c1. The minimum absolute atomic E-state index is 0.00488. The number of hydrogen-bond donors (Lipinski definition) is 3. The highest BCUT2D eigenvalue weighted by Gasteiger charge is 2.36. The number of nitrogen functional groups attached to an aromatic ring is 1. The zero-order chi connectivity index (χ0) is 27.0. The number of hydrogen-bond acceptors (Lipinski definition) is 8. The minimum Gasteiger partial charge on any atom is -0.397 e. The molecule has 0 spiro atoms. The fourth-order valence-electron chi connectivity index (χ4n) is 4.17. The van der Waals surface area contributed by atoms with Gasteiger partial charge in [-0.3, -0.25) is 14.1 Å². The normalized spacial score (nSPS) is 13.0. The number of anilines is 3. The van der Waals surface area contributed by atoms with E-state index in [2.05, 4.69) is 11.2 Å². The summed E-state index contributed by atoms with van der Waals surface area (Å²) in [5.74, 6) is 1.08. The maximum absolute atomic E-state index is 13.4. The molecule has 0 saturated carbocycles. The molecule has 0 aliphatic heterocycles. The van der Waals surface area contributed by atoms with Crippen LogP contribution in [0.1, 0.15) is 51.1 Å². The Hall–Kier alpha value is -3.98. The van der Waals surface area contributed by atoms with Crippen LogP contribution in [0.4, 0.5) is 17.1 Å².